The summed E-state index contributed by atoms with van der Waals surface area (Å²) >= 11 is 1.41. The van der Waals surface area contributed by atoms with Crippen molar-refractivity contribution in [2.75, 3.05) is 26.2 Å². The van der Waals surface area contributed by atoms with Crippen LogP contribution in [-0.2, 0) is 9.53 Å². The molecule has 1 aliphatic carbocycles. The third kappa shape index (κ3) is 5.10. The van der Waals surface area contributed by atoms with Crippen LogP contribution < -0.4 is 19.1 Å². The van der Waals surface area contributed by atoms with Gasteiger partial charge in [0.15, 0.2) is 22.7 Å². The van der Waals surface area contributed by atoms with E-state index >= 15 is 0 Å². The van der Waals surface area contributed by atoms with Crippen molar-refractivity contribution in [2.24, 2.45) is 0 Å². The van der Waals surface area contributed by atoms with E-state index in [1.807, 2.05) is 5.38 Å². The molecule has 3 rings (SSSR count). The van der Waals surface area contributed by atoms with Gasteiger partial charge in [-0.2, -0.15) is 0 Å². The SMILES string of the molecule is COc1cc(C(=O)O[C@@H](C)C(=O)N(c2nccs2)C2CCCCC2)cc(OC)c1OC. The molecule has 0 aliphatic heterocycles. The van der Waals surface area contributed by atoms with Crippen LogP contribution in [0.5, 0.6) is 17.2 Å². The second-order valence-corrected chi connectivity index (χ2v) is 8.15. The van der Waals surface area contributed by atoms with Crippen molar-refractivity contribution < 1.29 is 28.5 Å². The predicted molar refractivity (Wildman–Crippen MR) is 117 cm³/mol. The predicted octanol–water partition coefficient (Wildman–Crippen LogP) is 4.08. The summed E-state index contributed by atoms with van der Waals surface area (Å²) in [7, 11) is 4.42. The molecule has 1 aromatic carbocycles. The van der Waals surface area contributed by atoms with E-state index in [0.29, 0.717) is 22.4 Å². The number of carbonyl (C=O) groups excluding carboxylic acids is 2. The molecule has 1 fully saturated rings. The summed E-state index contributed by atoms with van der Waals surface area (Å²) in [6, 6.07) is 3.07. The van der Waals surface area contributed by atoms with Gasteiger partial charge in [0, 0.05) is 17.6 Å². The van der Waals surface area contributed by atoms with Gasteiger partial charge in [0.25, 0.3) is 5.91 Å². The minimum atomic E-state index is -0.975. The van der Waals surface area contributed by atoms with Crippen molar-refractivity contribution in [3.05, 3.63) is 29.3 Å². The summed E-state index contributed by atoms with van der Waals surface area (Å²) in [5, 5.41) is 2.47. The molecule has 0 unspecified atom stereocenters. The maximum Gasteiger partial charge on any atom is 0.339 e. The Bertz CT molecular complexity index is 870. The normalized spacial score (nSPS) is 15.1. The first kappa shape index (κ1) is 22.9. The number of nitrogens with zero attached hydrogens (tertiary/aromatic N) is 2. The third-order valence-electron chi connectivity index (χ3n) is 5.33. The Balaban J connectivity index is 1.80. The van der Waals surface area contributed by atoms with E-state index in [4.69, 9.17) is 18.9 Å². The van der Waals surface area contributed by atoms with E-state index in [-0.39, 0.29) is 17.5 Å². The molecule has 1 saturated carbocycles. The van der Waals surface area contributed by atoms with Crippen LogP contribution in [0.2, 0.25) is 0 Å². The van der Waals surface area contributed by atoms with Gasteiger partial charge in [0.05, 0.1) is 26.9 Å². The smallest absolute Gasteiger partial charge is 0.339 e. The average molecular weight is 449 g/mol. The lowest BCUT2D eigenvalue weighted by Gasteiger charge is -2.33. The molecule has 31 heavy (non-hydrogen) atoms. The molecule has 0 spiro atoms. The largest absolute Gasteiger partial charge is 0.493 e. The first-order valence-corrected chi connectivity index (χ1v) is 11.1. The van der Waals surface area contributed by atoms with E-state index in [2.05, 4.69) is 4.98 Å². The summed E-state index contributed by atoms with van der Waals surface area (Å²) in [6.45, 7) is 1.58. The van der Waals surface area contributed by atoms with Crippen LogP contribution in [0.25, 0.3) is 0 Å². The van der Waals surface area contributed by atoms with Crippen LogP contribution >= 0.6 is 11.3 Å². The van der Waals surface area contributed by atoms with Crippen molar-refractivity contribution in [1.82, 2.24) is 4.98 Å². The van der Waals surface area contributed by atoms with Crippen molar-refractivity contribution in [3.63, 3.8) is 0 Å². The standard InChI is InChI=1S/C22H28N2O6S/c1-14(20(25)24(22-23-10-11-31-22)16-8-6-5-7-9-16)30-21(26)15-12-17(27-2)19(29-4)18(13-15)28-3/h10-14,16H,5-9H2,1-4H3/t14-/m0/s1. The first-order valence-electron chi connectivity index (χ1n) is 10.2. The Kier molecular flexibility index (Phi) is 7.73. The third-order valence-corrected chi connectivity index (χ3v) is 6.11. The number of hydrogen-bond donors (Lipinski definition) is 0. The molecule has 0 radical (unpaired) electrons. The highest BCUT2D eigenvalue weighted by molar-refractivity contribution is 7.13. The second-order valence-electron chi connectivity index (χ2n) is 7.28. The molecule has 1 aliphatic rings. The van der Waals surface area contributed by atoms with Crippen molar-refractivity contribution >= 4 is 28.3 Å². The van der Waals surface area contributed by atoms with E-state index in [1.165, 1.54) is 51.2 Å². The molecule has 9 heteroatoms. The molecule has 1 atom stereocenters. The van der Waals surface area contributed by atoms with E-state index in [9.17, 15) is 9.59 Å². The van der Waals surface area contributed by atoms with Gasteiger partial charge in [0.2, 0.25) is 5.75 Å². The van der Waals surface area contributed by atoms with Gasteiger partial charge < -0.3 is 18.9 Å². The molecule has 168 valence electrons. The fraction of sp³-hybridized carbons (Fsp3) is 0.500. The van der Waals surface area contributed by atoms with Gasteiger partial charge >= 0.3 is 5.97 Å². The number of ether oxygens (including phenoxy) is 4. The molecule has 1 amide bonds. The molecule has 1 aromatic heterocycles. The number of anilines is 1. The number of hydrogen-bond acceptors (Lipinski definition) is 8. The van der Waals surface area contributed by atoms with Gasteiger partial charge in [-0.15, -0.1) is 11.3 Å². The second kappa shape index (κ2) is 10.5. The molecule has 0 bridgehead atoms. The minimum Gasteiger partial charge on any atom is -0.493 e. The van der Waals surface area contributed by atoms with E-state index in [1.54, 1.807) is 18.0 Å². The van der Waals surface area contributed by atoms with Crippen LogP contribution in [0, 0.1) is 0 Å². The summed E-state index contributed by atoms with van der Waals surface area (Å²) in [5.74, 6) is 0.113. The number of esters is 1. The molecule has 2 aromatic rings. The lowest BCUT2D eigenvalue weighted by molar-refractivity contribution is -0.127. The average Bonchev–Trinajstić information content (AvgIpc) is 3.32. The van der Waals surface area contributed by atoms with Crippen molar-refractivity contribution in [2.45, 2.75) is 51.2 Å². The Morgan fingerprint density at radius 1 is 1.06 bits per heavy atom. The van der Waals surface area contributed by atoms with Gasteiger partial charge in [0.1, 0.15) is 0 Å². The zero-order chi connectivity index (χ0) is 22.4. The minimum absolute atomic E-state index is 0.0646. The maximum absolute atomic E-state index is 13.3. The Morgan fingerprint density at radius 2 is 1.71 bits per heavy atom. The van der Waals surface area contributed by atoms with Gasteiger partial charge in [-0.25, -0.2) is 9.78 Å². The van der Waals surface area contributed by atoms with Crippen LogP contribution in [-0.4, -0.2) is 50.3 Å². The van der Waals surface area contributed by atoms with Crippen LogP contribution in [0.4, 0.5) is 5.13 Å². The fourth-order valence-electron chi connectivity index (χ4n) is 3.78. The number of carbonyl (C=O) groups is 2. The molecular weight excluding hydrogens is 420 g/mol. The monoisotopic (exact) mass is 448 g/mol. The molecule has 0 N–H and O–H groups in total. The summed E-state index contributed by atoms with van der Waals surface area (Å²) in [4.78, 5) is 32.2. The highest BCUT2D eigenvalue weighted by Gasteiger charge is 2.33. The maximum atomic E-state index is 13.3. The van der Waals surface area contributed by atoms with Gasteiger partial charge in [-0.3, -0.25) is 9.69 Å². The van der Waals surface area contributed by atoms with Gasteiger partial charge in [-0.05, 0) is 31.9 Å². The lowest BCUT2D eigenvalue weighted by Crippen LogP contribution is -2.47. The van der Waals surface area contributed by atoms with E-state index in [0.717, 1.165) is 25.7 Å². The van der Waals surface area contributed by atoms with Crippen LogP contribution in [0.3, 0.4) is 0 Å². The zero-order valence-electron chi connectivity index (χ0n) is 18.3. The quantitative estimate of drug-likeness (QED) is 0.562. The highest BCUT2D eigenvalue weighted by Crippen LogP contribution is 2.38. The Morgan fingerprint density at radius 3 is 2.23 bits per heavy atom. The molecule has 8 nitrogen and oxygen atoms in total. The van der Waals surface area contributed by atoms with Gasteiger partial charge in [-0.1, -0.05) is 19.3 Å². The highest BCUT2D eigenvalue weighted by atomic mass is 32.1. The molecule has 1 heterocycles. The molecule has 0 saturated heterocycles. The van der Waals surface area contributed by atoms with Crippen molar-refractivity contribution in [1.29, 1.82) is 0 Å². The van der Waals surface area contributed by atoms with E-state index < -0.39 is 12.1 Å². The number of benzene rings is 1. The number of aromatic nitrogens is 1. The first-order chi connectivity index (χ1) is 15.0. The number of amides is 1. The number of rotatable bonds is 8. The van der Waals surface area contributed by atoms with Crippen molar-refractivity contribution in [3.8, 4) is 17.2 Å². The zero-order valence-corrected chi connectivity index (χ0v) is 19.1. The Labute approximate surface area is 186 Å². The summed E-state index contributed by atoms with van der Waals surface area (Å²) in [5.41, 5.74) is 0.201. The lowest BCUT2D eigenvalue weighted by atomic mass is 9.94. The van der Waals surface area contributed by atoms with Crippen LogP contribution in [0.1, 0.15) is 49.4 Å². The summed E-state index contributed by atoms with van der Waals surface area (Å²) in [6.07, 6.45) is 5.84. The topological polar surface area (TPSA) is 87.2 Å². The number of thiazole rings is 1. The Hall–Kier alpha value is -2.81. The summed E-state index contributed by atoms with van der Waals surface area (Å²) < 4.78 is 21.4. The fourth-order valence-corrected chi connectivity index (χ4v) is 4.50. The number of methoxy groups -OCH3 is 3. The van der Waals surface area contributed by atoms with Crippen LogP contribution in [0.15, 0.2) is 23.7 Å². The molecular formula is C22H28N2O6S.